The summed E-state index contributed by atoms with van der Waals surface area (Å²) >= 11 is 8.56. The Bertz CT molecular complexity index is 469. The van der Waals surface area contributed by atoms with Crippen LogP contribution in [0.15, 0.2) is 6.07 Å². The van der Waals surface area contributed by atoms with Gasteiger partial charge in [0, 0.05) is 9.75 Å². The first-order valence-electron chi connectivity index (χ1n) is 11.2. The van der Waals surface area contributed by atoms with Crippen LogP contribution in [-0.2, 0) is 11.8 Å². The van der Waals surface area contributed by atoms with Crippen LogP contribution in [0.2, 0.25) is 5.02 Å². The first kappa shape index (κ1) is 24.0. The van der Waals surface area contributed by atoms with Gasteiger partial charge in [0.25, 0.3) is 0 Å². The number of unbranched alkanes of at least 4 members (excludes halogenated alkanes) is 8. The SMILES string of the molecule is CCCCCCCCC(CCCCCC)Cc1sc(C(C)(C)C)cc1Cl. The molecule has 1 rings (SSSR count). The summed E-state index contributed by atoms with van der Waals surface area (Å²) in [6.45, 7) is 11.5. The summed E-state index contributed by atoms with van der Waals surface area (Å²) in [5.41, 5.74) is 0.211. The molecule has 0 N–H and O–H groups in total. The molecule has 0 aliphatic rings. The van der Waals surface area contributed by atoms with E-state index in [-0.39, 0.29) is 5.41 Å². The highest BCUT2D eigenvalue weighted by atomic mass is 35.5. The van der Waals surface area contributed by atoms with Gasteiger partial charge in [-0.25, -0.2) is 0 Å². The van der Waals surface area contributed by atoms with E-state index in [1.54, 1.807) is 0 Å². The molecule has 0 radical (unpaired) electrons. The molecule has 26 heavy (non-hydrogen) atoms. The minimum Gasteiger partial charge on any atom is -0.143 e. The van der Waals surface area contributed by atoms with E-state index < -0.39 is 0 Å². The molecule has 152 valence electrons. The molecule has 0 spiro atoms. The summed E-state index contributed by atoms with van der Waals surface area (Å²) < 4.78 is 0. The van der Waals surface area contributed by atoms with E-state index >= 15 is 0 Å². The Hall–Kier alpha value is -0.0100. The molecule has 0 aliphatic carbocycles. The van der Waals surface area contributed by atoms with Crippen LogP contribution in [0, 0.1) is 5.92 Å². The molecular formula is C24H43ClS. The number of hydrogen-bond acceptors (Lipinski definition) is 1. The highest BCUT2D eigenvalue weighted by molar-refractivity contribution is 7.12. The Morgan fingerprint density at radius 2 is 1.35 bits per heavy atom. The van der Waals surface area contributed by atoms with Crippen LogP contribution in [0.5, 0.6) is 0 Å². The highest BCUT2D eigenvalue weighted by Crippen LogP contribution is 2.37. The number of rotatable bonds is 14. The summed E-state index contributed by atoms with van der Waals surface area (Å²) in [5.74, 6) is 0.821. The van der Waals surface area contributed by atoms with Crippen molar-refractivity contribution < 1.29 is 0 Å². The van der Waals surface area contributed by atoms with Crippen LogP contribution in [0.1, 0.15) is 121 Å². The first-order chi connectivity index (χ1) is 12.4. The Morgan fingerprint density at radius 3 is 1.85 bits per heavy atom. The molecule has 1 atom stereocenters. The third-order valence-corrected chi connectivity index (χ3v) is 7.43. The van der Waals surface area contributed by atoms with Gasteiger partial charge in [0.2, 0.25) is 0 Å². The van der Waals surface area contributed by atoms with E-state index in [9.17, 15) is 0 Å². The molecule has 0 amide bonds. The van der Waals surface area contributed by atoms with Gasteiger partial charge in [-0.3, -0.25) is 0 Å². The average molecular weight is 399 g/mol. The third-order valence-electron chi connectivity index (χ3n) is 5.40. The van der Waals surface area contributed by atoms with Gasteiger partial charge in [-0.15, -0.1) is 11.3 Å². The zero-order valence-electron chi connectivity index (χ0n) is 18.1. The Kier molecular flexibility index (Phi) is 12.2. The van der Waals surface area contributed by atoms with Crippen molar-refractivity contribution in [3.63, 3.8) is 0 Å². The lowest BCUT2D eigenvalue weighted by atomic mass is 9.91. The van der Waals surface area contributed by atoms with Crippen molar-refractivity contribution in [2.45, 2.75) is 124 Å². The zero-order valence-corrected chi connectivity index (χ0v) is 19.7. The van der Waals surface area contributed by atoms with Crippen molar-refractivity contribution >= 4 is 22.9 Å². The van der Waals surface area contributed by atoms with Gasteiger partial charge in [-0.05, 0) is 23.8 Å². The lowest BCUT2D eigenvalue weighted by molar-refractivity contribution is 0.404. The molecule has 2 heteroatoms. The largest absolute Gasteiger partial charge is 0.143 e. The fourth-order valence-electron chi connectivity index (χ4n) is 3.60. The topological polar surface area (TPSA) is 0 Å². The van der Waals surface area contributed by atoms with Crippen LogP contribution in [0.4, 0.5) is 0 Å². The fourth-order valence-corrected chi connectivity index (χ4v) is 5.19. The van der Waals surface area contributed by atoms with Gasteiger partial charge in [0.1, 0.15) is 0 Å². The quantitative estimate of drug-likeness (QED) is 0.273. The van der Waals surface area contributed by atoms with Crippen molar-refractivity contribution in [1.82, 2.24) is 0 Å². The molecule has 1 aromatic heterocycles. The molecule has 0 saturated carbocycles. The van der Waals surface area contributed by atoms with E-state index in [0.717, 1.165) is 10.9 Å². The van der Waals surface area contributed by atoms with Crippen LogP contribution >= 0.6 is 22.9 Å². The van der Waals surface area contributed by atoms with Gasteiger partial charge < -0.3 is 0 Å². The molecule has 0 aliphatic heterocycles. The van der Waals surface area contributed by atoms with Gasteiger partial charge in [0.15, 0.2) is 0 Å². The van der Waals surface area contributed by atoms with Gasteiger partial charge in [-0.1, -0.05) is 123 Å². The molecule has 0 saturated heterocycles. The molecular weight excluding hydrogens is 356 g/mol. The first-order valence-corrected chi connectivity index (χ1v) is 12.4. The molecule has 0 bridgehead atoms. The van der Waals surface area contributed by atoms with Gasteiger partial charge in [-0.2, -0.15) is 0 Å². The smallest absolute Gasteiger partial charge is 0.0548 e. The predicted octanol–water partition coefficient (Wildman–Crippen LogP) is 9.58. The van der Waals surface area contributed by atoms with Crippen LogP contribution in [0.25, 0.3) is 0 Å². The zero-order chi connectivity index (χ0) is 19.4. The van der Waals surface area contributed by atoms with Gasteiger partial charge in [0.05, 0.1) is 5.02 Å². The van der Waals surface area contributed by atoms with E-state index in [1.807, 2.05) is 11.3 Å². The maximum atomic E-state index is 6.61. The molecule has 0 nitrogen and oxygen atoms in total. The van der Waals surface area contributed by atoms with Crippen molar-refractivity contribution in [2.75, 3.05) is 0 Å². The monoisotopic (exact) mass is 398 g/mol. The van der Waals surface area contributed by atoms with E-state index in [4.69, 9.17) is 11.6 Å². The van der Waals surface area contributed by atoms with Crippen molar-refractivity contribution in [3.8, 4) is 0 Å². The molecule has 1 unspecified atom stereocenters. The molecule has 0 fully saturated rings. The molecule has 1 heterocycles. The standard InChI is InChI=1S/C24H43ClS/c1-6-8-10-12-13-15-17-20(16-14-11-9-7-2)18-22-21(25)19-23(26-22)24(3,4)5/h19-20H,6-18H2,1-5H3. The van der Waals surface area contributed by atoms with E-state index in [2.05, 4.69) is 40.7 Å². The number of halogens is 1. The van der Waals surface area contributed by atoms with Crippen molar-refractivity contribution in [1.29, 1.82) is 0 Å². The lowest BCUT2D eigenvalue weighted by Gasteiger charge is -2.17. The average Bonchev–Trinajstić information content (AvgIpc) is 2.95. The predicted molar refractivity (Wildman–Crippen MR) is 122 cm³/mol. The molecule has 1 aromatic rings. The number of hydrogen-bond donors (Lipinski definition) is 0. The third kappa shape index (κ3) is 9.79. The van der Waals surface area contributed by atoms with Crippen molar-refractivity contribution in [3.05, 3.63) is 20.8 Å². The minimum absolute atomic E-state index is 0.211. The van der Waals surface area contributed by atoms with Crippen LogP contribution in [0.3, 0.4) is 0 Å². The fraction of sp³-hybridized carbons (Fsp3) is 0.833. The normalized spacial score (nSPS) is 13.3. The second-order valence-electron chi connectivity index (χ2n) is 9.11. The summed E-state index contributed by atoms with van der Waals surface area (Å²) in [6, 6.07) is 2.22. The minimum atomic E-state index is 0.211. The second-order valence-corrected chi connectivity index (χ2v) is 10.7. The van der Waals surface area contributed by atoms with Crippen LogP contribution in [-0.4, -0.2) is 0 Å². The Morgan fingerprint density at radius 1 is 0.846 bits per heavy atom. The molecule has 0 aromatic carbocycles. The summed E-state index contributed by atoms with van der Waals surface area (Å²) in [6.07, 6.45) is 17.9. The van der Waals surface area contributed by atoms with Crippen LogP contribution < -0.4 is 0 Å². The van der Waals surface area contributed by atoms with Gasteiger partial charge >= 0.3 is 0 Å². The summed E-state index contributed by atoms with van der Waals surface area (Å²) in [5, 5.41) is 1.02. The maximum Gasteiger partial charge on any atom is 0.0548 e. The van der Waals surface area contributed by atoms with E-state index in [1.165, 1.54) is 93.2 Å². The lowest BCUT2D eigenvalue weighted by Crippen LogP contribution is -2.08. The van der Waals surface area contributed by atoms with E-state index in [0.29, 0.717) is 0 Å². The van der Waals surface area contributed by atoms with Crippen molar-refractivity contribution in [2.24, 2.45) is 5.92 Å². The second kappa shape index (κ2) is 13.2. The Balaban J connectivity index is 2.56. The number of thiophene rings is 1. The summed E-state index contributed by atoms with van der Waals surface area (Å²) in [4.78, 5) is 2.87. The summed E-state index contributed by atoms with van der Waals surface area (Å²) in [7, 11) is 0. The highest BCUT2D eigenvalue weighted by Gasteiger charge is 2.20. The Labute approximate surface area is 173 Å². The maximum absolute atomic E-state index is 6.61.